The van der Waals surface area contributed by atoms with Crippen molar-refractivity contribution in [1.82, 2.24) is 0 Å². The molecule has 0 radical (unpaired) electrons. The van der Waals surface area contributed by atoms with Gasteiger partial charge in [0.1, 0.15) is 18.4 Å². The number of carboxylic acids is 1. The molecular weight excluding hydrogens is 259 g/mol. The minimum atomic E-state index is -2.08. The van der Waals surface area contributed by atoms with Crippen LogP contribution in [0.25, 0.3) is 0 Å². The van der Waals surface area contributed by atoms with Crippen LogP contribution in [0.1, 0.15) is 20.8 Å². The molecule has 0 aromatic heterocycles. The Hall–Kier alpha value is -0.760. The summed E-state index contributed by atoms with van der Waals surface area (Å²) in [5.41, 5.74) is -2.08. The van der Waals surface area contributed by atoms with Crippen molar-refractivity contribution in [2.45, 2.75) is 50.9 Å². The van der Waals surface area contributed by atoms with Gasteiger partial charge in [0.15, 0.2) is 5.60 Å². The van der Waals surface area contributed by atoms with Gasteiger partial charge < -0.3 is 25.2 Å². The Balaban J connectivity index is 3.04. The molecular formula is C12H21FO6. The third kappa shape index (κ3) is 2.74. The highest BCUT2D eigenvalue weighted by atomic mass is 19.1. The van der Waals surface area contributed by atoms with Crippen LogP contribution in [-0.2, 0) is 9.53 Å². The average Bonchev–Trinajstić information content (AvgIpc) is 2.38. The van der Waals surface area contributed by atoms with Gasteiger partial charge in [-0.3, -0.25) is 0 Å². The molecule has 1 heterocycles. The van der Waals surface area contributed by atoms with Gasteiger partial charge in [0.2, 0.25) is 0 Å². The largest absolute Gasteiger partial charge is 0.479 e. The maximum Gasteiger partial charge on any atom is 0.338 e. The third-order valence-corrected chi connectivity index (χ3v) is 4.06. The van der Waals surface area contributed by atoms with Crippen LogP contribution in [0.15, 0.2) is 0 Å². The van der Waals surface area contributed by atoms with Crippen molar-refractivity contribution in [3.8, 4) is 0 Å². The zero-order valence-electron chi connectivity index (χ0n) is 11.2. The summed E-state index contributed by atoms with van der Waals surface area (Å²) in [6.07, 6.45) is -5.73. The van der Waals surface area contributed by atoms with Crippen LogP contribution in [0.2, 0.25) is 0 Å². The van der Waals surface area contributed by atoms with Gasteiger partial charge >= 0.3 is 5.97 Å². The smallest absolute Gasteiger partial charge is 0.338 e. The highest BCUT2D eigenvalue weighted by molar-refractivity contribution is 5.78. The molecule has 0 amide bonds. The first-order valence-electron chi connectivity index (χ1n) is 6.19. The first-order chi connectivity index (χ1) is 8.66. The van der Waals surface area contributed by atoms with Gasteiger partial charge in [-0.05, 0) is 18.8 Å². The van der Waals surface area contributed by atoms with E-state index >= 15 is 0 Å². The van der Waals surface area contributed by atoms with E-state index in [-0.39, 0.29) is 0 Å². The Kier molecular flexibility index (Phi) is 4.89. The molecule has 7 atom stereocenters. The van der Waals surface area contributed by atoms with Gasteiger partial charge in [0.05, 0.1) is 12.7 Å². The fourth-order valence-corrected chi connectivity index (χ4v) is 2.40. The number of rotatable bonds is 4. The van der Waals surface area contributed by atoms with Crippen LogP contribution in [0.4, 0.5) is 4.39 Å². The Labute approximate surface area is 110 Å². The molecule has 0 aliphatic carbocycles. The molecule has 1 saturated heterocycles. The van der Waals surface area contributed by atoms with Crippen molar-refractivity contribution in [2.75, 3.05) is 6.61 Å². The van der Waals surface area contributed by atoms with Gasteiger partial charge in [-0.25, -0.2) is 9.18 Å². The number of hydrogen-bond acceptors (Lipinski definition) is 5. The summed E-state index contributed by atoms with van der Waals surface area (Å²) in [7, 11) is 0. The molecule has 1 fully saturated rings. The van der Waals surface area contributed by atoms with E-state index in [4.69, 9.17) is 14.9 Å². The molecule has 6 nitrogen and oxygen atoms in total. The predicted molar refractivity (Wildman–Crippen MR) is 63.2 cm³/mol. The zero-order chi connectivity index (χ0) is 15.0. The third-order valence-electron chi connectivity index (χ3n) is 4.06. The number of aliphatic hydroxyl groups is 3. The maximum absolute atomic E-state index is 14.1. The van der Waals surface area contributed by atoms with Crippen molar-refractivity contribution in [3.63, 3.8) is 0 Å². The Morgan fingerprint density at radius 3 is 2.32 bits per heavy atom. The van der Waals surface area contributed by atoms with Crippen molar-refractivity contribution in [3.05, 3.63) is 0 Å². The maximum atomic E-state index is 14.1. The highest BCUT2D eigenvalue weighted by Crippen LogP contribution is 2.40. The summed E-state index contributed by atoms with van der Waals surface area (Å²) in [6, 6.07) is 0. The fourth-order valence-electron chi connectivity index (χ4n) is 2.40. The SMILES string of the molecule is CC1C(C)C(F)C(C)(C(=O)O)OC1[C@H](O)[C@H](O)CO. The number of halogens is 1. The van der Waals surface area contributed by atoms with Crippen LogP contribution in [0.5, 0.6) is 0 Å². The summed E-state index contributed by atoms with van der Waals surface area (Å²) in [5.74, 6) is -2.63. The topological polar surface area (TPSA) is 107 Å². The van der Waals surface area contributed by atoms with Gasteiger partial charge in [-0.1, -0.05) is 13.8 Å². The second kappa shape index (κ2) is 5.70. The normalized spacial score (nSPS) is 42.7. The summed E-state index contributed by atoms with van der Waals surface area (Å²) < 4.78 is 19.4. The number of aliphatic carboxylic acids is 1. The van der Waals surface area contributed by atoms with E-state index in [1.165, 1.54) is 6.92 Å². The minimum absolute atomic E-state index is 0.501. The number of alkyl halides is 1. The second-order valence-electron chi connectivity index (χ2n) is 5.36. The zero-order valence-corrected chi connectivity index (χ0v) is 11.2. The molecule has 7 heteroatoms. The molecule has 0 spiro atoms. The van der Waals surface area contributed by atoms with Crippen LogP contribution in [0, 0.1) is 11.8 Å². The van der Waals surface area contributed by atoms with Gasteiger partial charge in [-0.15, -0.1) is 0 Å². The molecule has 0 aromatic rings. The van der Waals surface area contributed by atoms with Crippen molar-refractivity contribution >= 4 is 5.97 Å². The molecule has 1 aliphatic heterocycles. The molecule has 0 aromatic carbocycles. The quantitative estimate of drug-likeness (QED) is 0.556. The van der Waals surface area contributed by atoms with Crippen molar-refractivity contribution in [2.24, 2.45) is 11.8 Å². The molecule has 1 aliphatic rings. The van der Waals surface area contributed by atoms with E-state index in [1.54, 1.807) is 6.92 Å². The van der Waals surface area contributed by atoms with E-state index < -0.39 is 54.5 Å². The molecule has 0 bridgehead atoms. The van der Waals surface area contributed by atoms with Crippen LogP contribution in [-0.4, -0.2) is 63.1 Å². The summed E-state index contributed by atoms with van der Waals surface area (Å²) in [6.45, 7) is 3.55. The fraction of sp³-hybridized carbons (Fsp3) is 0.917. The molecule has 112 valence electrons. The summed E-state index contributed by atoms with van der Waals surface area (Å²) in [4.78, 5) is 11.2. The highest BCUT2D eigenvalue weighted by Gasteiger charge is 2.56. The van der Waals surface area contributed by atoms with E-state index in [1.807, 2.05) is 0 Å². The molecule has 4 N–H and O–H groups in total. The van der Waals surface area contributed by atoms with Gasteiger partial charge in [0.25, 0.3) is 0 Å². The van der Waals surface area contributed by atoms with E-state index in [0.29, 0.717) is 0 Å². The lowest BCUT2D eigenvalue weighted by atomic mass is 9.75. The van der Waals surface area contributed by atoms with E-state index in [9.17, 15) is 19.4 Å². The van der Waals surface area contributed by atoms with E-state index in [0.717, 1.165) is 6.92 Å². The van der Waals surface area contributed by atoms with Gasteiger partial charge in [0, 0.05) is 0 Å². The Bertz CT molecular complexity index is 334. The standard InChI is InChI=1S/C12H21FO6/c1-5-6(2)10(13)12(3,11(17)18)19-9(5)8(16)7(15)4-14/h5-10,14-16H,4H2,1-3H3,(H,17,18)/t5?,6?,7-,8-,9?,10?,12?/m1/s1. The number of ether oxygens (including phenoxy) is 1. The van der Waals surface area contributed by atoms with Crippen LogP contribution >= 0.6 is 0 Å². The van der Waals surface area contributed by atoms with E-state index in [2.05, 4.69) is 0 Å². The average molecular weight is 280 g/mol. The number of hydrogen-bond donors (Lipinski definition) is 4. The summed E-state index contributed by atoms with van der Waals surface area (Å²) in [5, 5.41) is 37.2. The molecule has 19 heavy (non-hydrogen) atoms. The van der Waals surface area contributed by atoms with Crippen molar-refractivity contribution < 1.29 is 34.3 Å². The second-order valence-corrected chi connectivity index (χ2v) is 5.36. The number of aliphatic hydroxyl groups excluding tert-OH is 3. The molecule has 0 saturated carbocycles. The lowest BCUT2D eigenvalue weighted by Crippen LogP contribution is -2.62. The Morgan fingerprint density at radius 1 is 1.37 bits per heavy atom. The minimum Gasteiger partial charge on any atom is -0.479 e. The monoisotopic (exact) mass is 280 g/mol. The van der Waals surface area contributed by atoms with Crippen LogP contribution in [0.3, 0.4) is 0 Å². The van der Waals surface area contributed by atoms with Crippen molar-refractivity contribution in [1.29, 1.82) is 0 Å². The first kappa shape index (κ1) is 16.3. The predicted octanol–water partition coefficient (Wildman–Crippen LogP) is -0.447. The number of carboxylic acid groups (broad SMARTS) is 1. The summed E-state index contributed by atoms with van der Waals surface area (Å²) >= 11 is 0. The Morgan fingerprint density at radius 2 is 1.89 bits per heavy atom. The van der Waals surface area contributed by atoms with Crippen LogP contribution < -0.4 is 0 Å². The first-order valence-corrected chi connectivity index (χ1v) is 6.19. The molecule has 1 rings (SSSR count). The lowest BCUT2D eigenvalue weighted by molar-refractivity contribution is -0.243. The number of carbonyl (C=O) groups is 1. The lowest BCUT2D eigenvalue weighted by Gasteiger charge is -2.47. The van der Waals surface area contributed by atoms with Gasteiger partial charge in [-0.2, -0.15) is 0 Å². The molecule has 5 unspecified atom stereocenters.